The second-order valence-corrected chi connectivity index (χ2v) is 4.24. The Hall–Kier alpha value is -2.04. The predicted molar refractivity (Wildman–Crippen MR) is 69.8 cm³/mol. The lowest BCUT2D eigenvalue weighted by Gasteiger charge is -2.18. The van der Waals surface area contributed by atoms with Crippen LogP contribution in [0.4, 0.5) is 10.5 Å². The van der Waals surface area contributed by atoms with Crippen LogP contribution in [0.2, 0.25) is 0 Å². The zero-order valence-corrected chi connectivity index (χ0v) is 10.9. The highest BCUT2D eigenvalue weighted by atomic mass is 16.4. The molecule has 0 heterocycles. The Morgan fingerprint density at radius 1 is 1.33 bits per heavy atom. The molecule has 1 aromatic carbocycles. The molecule has 1 aromatic rings. The van der Waals surface area contributed by atoms with Crippen molar-refractivity contribution in [3.05, 3.63) is 29.3 Å². The molecule has 2 N–H and O–H groups in total. The molecule has 0 bridgehead atoms. The van der Waals surface area contributed by atoms with Crippen LogP contribution in [0.5, 0.6) is 0 Å². The molecule has 2 amide bonds. The van der Waals surface area contributed by atoms with Gasteiger partial charge in [-0.15, -0.1) is 0 Å². The van der Waals surface area contributed by atoms with E-state index in [-0.39, 0.29) is 19.0 Å². The number of aliphatic carboxylic acids is 1. The van der Waals surface area contributed by atoms with Gasteiger partial charge in [0.2, 0.25) is 0 Å². The highest BCUT2D eigenvalue weighted by molar-refractivity contribution is 5.90. The predicted octanol–water partition coefficient (Wildman–Crippen LogP) is 2.24. The molecule has 0 spiro atoms. The van der Waals surface area contributed by atoms with E-state index in [9.17, 15) is 9.59 Å². The zero-order valence-electron chi connectivity index (χ0n) is 10.9. The largest absolute Gasteiger partial charge is 0.481 e. The minimum Gasteiger partial charge on any atom is -0.481 e. The van der Waals surface area contributed by atoms with E-state index in [4.69, 9.17) is 5.11 Å². The van der Waals surface area contributed by atoms with E-state index in [1.165, 1.54) is 4.90 Å². The summed E-state index contributed by atoms with van der Waals surface area (Å²) >= 11 is 0. The number of hydrogen-bond donors (Lipinski definition) is 2. The first-order valence-corrected chi connectivity index (χ1v) is 5.72. The number of carboxylic acids is 1. The standard InChI is InChI=1S/C13H18N2O3/c1-9-5-4-6-11(10(9)2)14-13(18)15(3)8-7-12(16)17/h4-6H,7-8H2,1-3H3,(H,14,18)(H,16,17). The van der Waals surface area contributed by atoms with Crippen LogP contribution in [-0.4, -0.2) is 35.6 Å². The smallest absolute Gasteiger partial charge is 0.321 e. The maximum absolute atomic E-state index is 11.8. The molecule has 0 aliphatic carbocycles. The van der Waals surface area contributed by atoms with Crippen LogP contribution in [0.15, 0.2) is 18.2 Å². The molecule has 0 aliphatic heterocycles. The van der Waals surface area contributed by atoms with Gasteiger partial charge in [0.15, 0.2) is 0 Å². The lowest BCUT2D eigenvalue weighted by molar-refractivity contribution is -0.137. The number of carbonyl (C=O) groups excluding carboxylic acids is 1. The second kappa shape index (κ2) is 6.05. The van der Waals surface area contributed by atoms with Crippen LogP contribution in [0.1, 0.15) is 17.5 Å². The number of nitrogens with one attached hydrogen (secondary N) is 1. The van der Waals surface area contributed by atoms with Gasteiger partial charge in [0, 0.05) is 19.3 Å². The van der Waals surface area contributed by atoms with Gasteiger partial charge in [0.25, 0.3) is 0 Å². The minimum absolute atomic E-state index is 0.0588. The summed E-state index contributed by atoms with van der Waals surface area (Å²) in [6.45, 7) is 4.09. The van der Waals surface area contributed by atoms with Gasteiger partial charge in [-0.25, -0.2) is 4.79 Å². The topological polar surface area (TPSA) is 69.6 Å². The highest BCUT2D eigenvalue weighted by Gasteiger charge is 2.11. The molecule has 0 saturated heterocycles. The Labute approximate surface area is 106 Å². The molecule has 5 heteroatoms. The second-order valence-electron chi connectivity index (χ2n) is 4.24. The van der Waals surface area contributed by atoms with E-state index in [0.717, 1.165) is 16.8 Å². The van der Waals surface area contributed by atoms with Gasteiger partial charge >= 0.3 is 12.0 Å². The van der Waals surface area contributed by atoms with Gasteiger partial charge < -0.3 is 15.3 Å². The highest BCUT2D eigenvalue weighted by Crippen LogP contribution is 2.18. The normalized spacial score (nSPS) is 9.94. The first-order chi connectivity index (χ1) is 8.41. The molecular weight excluding hydrogens is 232 g/mol. The van der Waals surface area contributed by atoms with Gasteiger partial charge in [-0.1, -0.05) is 12.1 Å². The Kier molecular flexibility index (Phi) is 4.71. The number of carbonyl (C=O) groups is 2. The number of carboxylic acid groups (broad SMARTS) is 1. The van der Waals surface area contributed by atoms with Crippen molar-refractivity contribution in [2.24, 2.45) is 0 Å². The Morgan fingerprint density at radius 3 is 2.61 bits per heavy atom. The summed E-state index contributed by atoms with van der Waals surface area (Å²) < 4.78 is 0. The number of benzene rings is 1. The van der Waals surface area contributed by atoms with E-state index in [1.807, 2.05) is 32.0 Å². The number of hydrogen-bond acceptors (Lipinski definition) is 2. The van der Waals surface area contributed by atoms with Crippen LogP contribution >= 0.6 is 0 Å². The molecule has 98 valence electrons. The SMILES string of the molecule is Cc1cccc(NC(=O)N(C)CCC(=O)O)c1C. The quantitative estimate of drug-likeness (QED) is 0.861. The van der Waals surface area contributed by atoms with Crippen molar-refractivity contribution in [2.45, 2.75) is 20.3 Å². The number of rotatable bonds is 4. The Balaban J connectivity index is 2.64. The summed E-state index contributed by atoms with van der Waals surface area (Å²) in [6.07, 6.45) is -0.0588. The molecule has 0 saturated carbocycles. The molecule has 0 radical (unpaired) electrons. The van der Waals surface area contributed by atoms with Crippen LogP contribution in [0.25, 0.3) is 0 Å². The first kappa shape index (κ1) is 14.0. The molecule has 0 fully saturated rings. The fourth-order valence-corrected chi connectivity index (χ4v) is 1.46. The average Bonchev–Trinajstić information content (AvgIpc) is 2.31. The molecule has 0 aliphatic rings. The van der Waals surface area contributed by atoms with Gasteiger partial charge in [0.1, 0.15) is 0 Å². The molecule has 5 nitrogen and oxygen atoms in total. The molecule has 0 unspecified atom stereocenters. The summed E-state index contributed by atoms with van der Waals surface area (Å²) in [5, 5.41) is 11.3. The summed E-state index contributed by atoms with van der Waals surface area (Å²) in [5.41, 5.74) is 2.86. The number of nitrogens with zero attached hydrogens (tertiary/aromatic N) is 1. The van der Waals surface area contributed by atoms with Crippen LogP contribution < -0.4 is 5.32 Å². The molecular formula is C13H18N2O3. The fraction of sp³-hybridized carbons (Fsp3) is 0.385. The van der Waals surface area contributed by atoms with Crippen molar-refractivity contribution in [3.8, 4) is 0 Å². The van der Waals surface area contributed by atoms with E-state index in [1.54, 1.807) is 7.05 Å². The van der Waals surface area contributed by atoms with Crippen molar-refractivity contribution >= 4 is 17.7 Å². The van der Waals surface area contributed by atoms with Gasteiger partial charge in [-0.05, 0) is 31.0 Å². The van der Waals surface area contributed by atoms with Crippen molar-refractivity contribution in [3.63, 3.8) is 0 Å². The maximum Gasteiger partial charge on any atom is 0.321 e. The van der Waals surface area contributed by atoms with Crippen molar-refractivity contribution in [1.82, 2.24) is 4.90 Å². The third-order valence-electron chi connectivity index (χ3n) is 2.85. The average molecular weight is 250 g/mol. The first-order valence-electron chi connectivity index (χ1n) is 5.72. The van der Waals surface area contributed by atoms with Gasteiger partial charge in [0.05, 0.1) is 6.42 Å². The lowest BCUT2D eigenvalue weighted by atomic mass is 10.1. The maximum atomic E-state index is 11.8. The van der Waals surface area contributed by atoms with Crippen LogP contribution in [-0.2, 0) is 4.79 Å². The number of anilines is 1. The fourth-order valence-electron chi connectivity index (χ4n) is 1.46. The monoisotopic (exact) mass is 250 g/mol. The molecule has 1 rings (SSSR count). The Morgan fingerprint density at radius 2 is 2.00 bits per heavy atom. The van der Waals surface area contributed by atoms with Crippen molar-refractivity contribution in [2.75, 3.05) is 18.9 Å². The van der Waals surface area contributed by atoms with Crippen LogP contribution in [0, 0.1) is 13.8 Å². The lowest BCUT2D eigenvalue weighted by Crippen LogP contribution is -2.33. The van der Waals surface area contributed by atoms with E-state index in [0.29, 0.717) is 0 Å². The van der Waals surface area contributed by atoms with E-state index >= 15 is 0 Å². The van der Waals surface area contributed by atoms with Crippen molar-refractivity contribution in [1.29, 1.82) is 0 Å². The molecule has 0 atom stereocenters. The summed E-state index contributed by atoms with van der Waals surface area (Å²) in [7, 11) is 1.57. The van der Waals surface area contributed by atoms with Gasteiger partial charge in [-0.3, -0.25) is 4.79 Å². The molecule has 0 aromatic heterocycles. The molecule has 18 heavy (non-hydrogen) atoms. The third-order valence-corrected chi connectivity index (χ3v) is 2.85. The minimum atomic E-state index is -0.915. The third kappa shape index (κ3) is 3.76. The summed E-state index contributed by atoms with van der Waals surface area (Å²) in [5.74, 6) is -0.915. The zero-order chi connectivity index (χ0) is 13.7. The van der Waals surface area contributed by atoms with Crippen LogP contribution in [0.3, 0.4) is 0 Å². The van der Waals surface area contributed by atoms with Crippen molar-refractivity contribution < 1.29 is 14.7 Å². The summed E-state index contributed by atoms with van der Waals surface area (Å²) in [6, 6.07) is 5.37. The van der Waals surface area contributed by atoms with E-state index in [2.05, 4.69) is 5.32 Å². The number of amides is 2. The Bertz CT molecular complexity index is 458. The number of aryl methyl sites for hydroxylation is 1. The van der Waals surface area contributed by atoms with E-state index < -0.39 is 5.97 Å². The van der Waals surface area contributed by atoms with Gasteiger partial charge in [-0.2, -0.15) is 0 Å². The summed E-state index contributed by atoms with van der Waals surface area (Å²) in [4.78, 5) is 23.6. The number of urea groups is 1.